The summed E-state index contributed by atoms with van der Waals surface area (Å²) >= 11 is 3.01. The van der Waals surface area contributed by atoms with Crippen LogP contribution < -0.4 is 11.1 Å². The van der Waals surface area contributed by atoms with E-state index in [9.17, 15) is 9.18 Å². The van der Waals surface area contributed by atoms with E-state index in [4.69, 9.17) is 10.9 Å². The van der Waals surface area contributed by atoms with E-state index in [0.717, 1.165) is 0 Å². The fraction of sp³-hybridized carbons (Fsp3) is 0.333. The molecule has 1 atom stereocenters. The zero-order chi connectivity index (χ0) is 14.6. The first kappa shape index (κ1) is 15.4. The van der Waals surface area contributed by atoms with Crippen molar-refractivity contribution >= 4 is 27.7 Å². The van der Waals surface area contributed by atoms with Crippen molar-refractivity contribution < 1.29 is 14.4 Å². The molecule has 0 aliphatic heterocycles. The highest BCUT2D eigenvalue weighted by molar-refractivity contribution is 9.10. The molecule has 1 unspecified atom stereocenters. The molecular weight excluding hydrogens is 317 g/mol. The summed E-state index contributed by atoms with van der Waals surface area (Å²) in [6, 6.07) is 3.74. The Balaban J connectivity index is 2.98. The van der Waals surface area contributed by atoms with Crippen LogP contribution in [0, 0.1) is 11.7 Å². The van der Waals surface area contributed by atoms with E-state index in [2.05, 4.69) is 26.4 Å². The standard InChI is InChI=1S/C12H15BrFN3O2/c1-6(2)10(11(15)17-19)16-12(18)7-4-3-5-8(13)9(7)14/h3-6,10,19H,1-2H3,(H2,15,17)(H,16,18). The predicted octanol–water partition coefficient (Wildman–Crippen LogP) is 2.09. The molecule has 104 valence electrons. The molecule has 0 aliphatic rings. The molecule has 0 bridgehead atoms. The summed E-state index contributed by atoms with van der Waals surface area (Å²) in [5, 5.41) is 14.1. The molecule has 4 N–H and O–H groups in total. The van der Waals surface area contributed by atoms with Gasteiger partial charge in [-0.25, -0.2) is 4.39 Å². The van der Waals surface area contributed by atoms with Crippen molar-refractivity contribution in [1.29, 1.82) is 0 Å². The summed E-state index contributed by atoms with van der Waals surface area (Å²) in [6.07, 6.45) is 0. The lowest BCUT2D eigenvalue weighted by Crippen LogP contribution is -2.48. The fourth-order valence-electron chi connectivity index (χ4n) is 1.54. The van der Waals surface area contributed by atoms with Gasteiger partial charge in [-0.05, 0) is 34.0 Å². The van der Waals surface area contributed by atoms with Gasteiger partial charge in [0.05, 0.1) is 16.1 Å². The van der Waals surface area contributed by atoms with Crippen molar-refractivity contribution in [2.24, 2.45) is 16.8 Å². The molecule has 0 spiro atoms. The van der Waals surface area contributed by atoms with Crippen LogP contribution in [0.5, 0.6) is 0 Å². The molecule has 7 heteroatoms. The van der Waals surface area contributed by atoms with Crippen LogP contribution in [-0.2, 0) is 0 Å². The van der Waals surface area contributed by atoms with Crippen LogP contribution in [0.3, 0.4) is 0 Å². The number of nitrogens with one attached hydrogen (secondary N) is 1. The van der Waals surface area contributed by atoms with Crippen molar-refractivity contribution in [3.63, 3.8) is 0 Å². The highest BCUT2D eigenvalue weighted by atomic mass is 79.9. The van der Waals surface area contributed by atoms with Gasteiger partial charge in [-0.3, -0.25) is 4.79 Å². The largest absolute Gasteiger partial charge is 0.409 e. The molecule has 0 fully saturated rings. The van der Waals surface area contributed by atoms with Crippen molar-refractivity contribution in [3.05, 3.63) is 34.1 Å². The Morgan fingerprint density at radius 1 is 1.53 bits per heavy atom. The number of amidine groups is 1. The van der Waals surface area contributed by atoms with Gasteiger partial charge in [0.15, 0.2) is 5.84 Å². The summed E-state index contributed by atoms with van der Waals surface area (Å²) in [5.74, 6) is -1.50. The van der Waals surface area contributed by atoms with Crippen molar-refractivity contribution in [2.45, 2.75) is 19.9 Å². The summed E-state index contributed by atoms with van der Waals surface area (Å²) in [5.41, 5.74) is 5.39. The summed E-state index contributed by atoms with van der Waals surface area (Å²) in [7, 11) is 0. The van der Waals surface area contributed by atoms with Crippen LogP contribution in [0.2, 0.25) is 0 Å². The van der Waals surface area contributed by atoms with Gasteiger partial charge in [0, 0.05) is 0 Å². The minimum absolute atomic E-state index is 0.102. The van der Waals surface area contributed by atoms with E-state index in [1.54, 1.807) is 19.9 Å². The monoisotopic (exact) mass is 331 g/mol. The Labute approximate surface area is 118 Å². The van der Waals surface area contributed by atoms with Gasteiger partial charge in [-0.15, -0.1) is 0 Å². The minimum Gasteiger partial charge on any atom is -0.409 e. The first-order chi connectivity index (χ1) is 8.88. The Kier molecular flexibility index (Phi) is 5.29. The molecule has 0 saturated heterocycles. The third-order valence-corrected chi connectivity index (χ3v) is 3.20. The van der Waals surface area contributed by atoms with Crippen molar-refractivity contribution in [2.75, 3.05) is 0 Å². The van der Waals surface area contributed by atoms with Gasteiger partial charge >= 0.3 is 0 Å². The second-order valence-corrected chi connectivity index (χ2v) is 5.18. The number of carbonyl (C=O) groups excluding carboxylic acids is 1. The van der Waals surface area contributed by atoms with Gasteiger partial charge in [-0.1, -0.05) is 25.1 Å². The van der Waals surface area contributed by atoms with Crippen LogP contribution >= 0.6 is 15.9 Å². The predicted molar refractivity (Wildman–Crippen MR) is 73.6 cm³/mol. The molecule has 0 saturated carbocycles. The molecule has 1 rings (SSSR count). The Morgan fingerprint density at radius 3 is 2.68 bits per heavy atom. The van der Waals surface area contributed by atoms with Crippen LogP contribution in [0.15, 0.2) is 27.8 Å². The van der Waals surface area contributed by atoms with Crippen LogP contribution in [0.1, 0.15) is 24.2 Å². The lowest BCUT2D eigenvalue weighted by Gasteiger charge is -2.21. The van der Waals surface area contributed by atoms with E-state index in [0.29, 0.717) is 0 Å². The van der Waals surface area contributed by atoms with Crippen molar-refractivity contribution in [1.82, 2.24) is 5.32 Å². The topological polar surface area (TPSA) is 87.7 Å². The number of benzene rings is 1. The molecule has 0 radical (unpaired) electrons. The van der Waals surface area contributed by atoms with Crippen LogP contribution in [-0.4, -0.2) is 23.0 Å². The summed E-state index contributed by atoms with van der Waals surface area (Å²) in [4.78, 5) is 12.0. The molecule has 1 aromatic rings. The zero-order valence-corrected chi connectivity index (χ0v) is 12.1. The zero-order valence-electron chi connectivity index (χ0n) is 10.5. The average molecular weight is 332 g/mol. The van der Waals surface area contributed by atoms with Crippen molar-refractivity contribution in [3.8, 4) is 0 Å². The molecule has 1 amide bonds. The van der Waals surface area contributed by atoms with E-state index in [1.165, 1.54) is 12.1 Å². The number of nitrogens with two attached hydrogens (primary N) is 1. The maximum Gasteiger partial charge on any atom is 0.254 e. The normalized spacial score (nSPS) is 13.4. The molecule has 19 heavy (non-hydrogen) atoms. The molecule has 1 aromatic carbocycles. The minimum atomic E-state index is -0.670. The van der Waals surface area contributed by atoms with Gasteiger partial charge in [0.2, 0.25) is 0 Å². The number of amides is 1. The fourth-order valence-corrected chi connectivity index (χ4v) is 1.91. The molecular formula is C12H15BrFN3O2. The number of rotatable bonds is 4. The molecule has 0 heterocycles. The first-order valence-corrected chi connectivity index (χ1v) is 6.40. The smallest absolute Gasteiger partial charge is 0.254 e. The molecule has 0 aliphatic carbocycles. The van der Waals surface area contributed by atoms with Gasteiger partial charge < -0.3 is 16.3 Å². The Morgan fingerprint density at radius 2 is 2.16 bits per heavy atom. The average Bonchev–Trinajstić information content (AvgIpc) is 2.37. The number of halogens is 2. The maximum atomic E-state index is 13.8. The number of oxime groups is 1. The Bertz CT molecular complexity index is 506. The lowest BCUT2D eigenvalue weighted by atomic mass is 10.0. The van der Waals surface area contributed by atoms with E-state index < -0.39 is 17.8 Å². The second-order valence-electron chi connectivity index (χ2n) is 4.32. The highest BCUT2D eigenvalue weighted by Gasteiger charge is 2.23. The third-order valence-electron chi connectivity index (χ3n) is 2.58. The second kappa shape index (κ2) is 6.51. The molecule has 5 nitrogen and oxygen atoms in total. The van der Waals surface area contributed by atoms with Gasteiger partial charge in [0.25, 0.3) is 5.91 Å². The summed E-state index contributed by atoms with van der Waals surface area (Å²) in [6.45, 7) is 3.58. The van der Waals surface area contributed by atoms with Crippen LogP contribution in [0.4, 0.5) is 4.39 Å². The molecule has 0 aromatic heterocycles. The van der Waals surface area contributed by atoms with E-state index in [1.807, 2.05) is 0 Å². The number of nitrogens with zero attached hydrogens (tertiary/aromatic N) is 1. The number of hydrogen-bond donors (Lipinski definition) is 3. The lowest BCUT2D eigenvalue weighted by molar-refractivity contribution is 0.0934. The quantitative estimate of drug-likeness (QED) is 0.341. The van der Waals surface area contributed by atoms with Crippen LogP contribution in [0.25, 0.3) is 0 Å². The Hall–Kier alpha value is -1.63. The number of carbonyl (C=O) groups is 1. The third kappa shape index (κ3) is 3.66. The SMILES string of the molecule is CC(C)C(NC(=O)c1cccc(Br)c1F)/C(N)=N/O. The van der Waals surface area contributed by atoms with Gasteiger partial charge in [-0.2, -0.15) is 0 Å². The first-order valence-electron chi connectivity index (χ1n) is 5.60. The van der Waals surface area contributed by atoms with Gasteiger partial charge in [0.1, 0.15) is 5.82 Å². The summed E-state index contributed by atoms with van der Waals surface area (Å²) < 4.78 is 14.0. The van der Waals surface area contributed by atoms with E-state index >= 15 is 0 Å². The van der Waals surface area contributed by atoms with E-state index in [-0.39, 0.29) is 21.8 Å². The highest BCUT2D eigenvalue weighted by Crippen LogP contribution is 2.18. The maximum absolute atomic E-state index is 13.8. The number of hydrogen-bond acceptors (Lipinski definition) is 3.